The maximum Gasteiger partial charge on any atom is 0.123 e. The molecule has 3 N–H and O–H groups in total. The largest absolute Gasteiger partial charge is 0.496 e. The zero-order valence-corrected chi connectivity index (χ0v) is 12.3. The minimum atomic E-state index is -0.567. The molecular formula is C13H21Cl2NO2. The normalized spacial score (nSPS) is 13.6. The van der Waals surface area contributed by atoms with E-state index in [0.717, 1.165) is 18.4 Å². The average molecular weight is 294 g/mol. The van der Waals surface area contributed by atoms with Crippen LogP contribution in [0.15, 0.2) is 18.2 Å². The van der Waals surface area contributed by atoms with Gasteiger partial charge in [0.1, 0.15) is 5.75 Å². The number of ether oxygens (including phenoxy) is 1. The zero-order valence-electron chi connectivity index (χ0n) is 10.7. The van der Waals surface area contributed by atoms with Gasteiger partial charge in [-0.2, -0.15) is 0 Å². The number of benzene rings is 1. The van der Waals surface area contributed by atoms with E-state index in [2.05, 4.69) is 6.92 Å². The van der Waals surface area contributed by atoms with Crippen molar-refractivity contribution < 1.29 is 9.84 Å². The molecule has 0 aromatic heterocycles. The predicted octanol–water partition coefficient (Wildman–Crippen LogP) is 3.32. The van der Waals surface area contributed by atoms with Crippen molar-refractivity contribution in [3.05, 3.63) is 28.8 Å². The molecule has 0 fully saturated rings. The second-order valence-corrected chi connectivity index (χ2v) is 4.56. The lowest BCUT2D eigenvalue weighted by Gasteiger charge is -2.21. The van der Waals surface area contributed by atoms with Gasteiger partial charge in [-0.3, -0.25) is 0 Å². The minimum absolute atomic E-state index is 0. The smallest absolute Gasteiger partial charge is 0.123 e. The van der Waals surface area contributed by atoms with Crippen LogP contribution in [0.3, 0.4) is 0 Å². The van der Waals surface area contributed by atoms with Crippen molar-refractivity contribution >= 4 is 24.0 Å². The summed E-state index contributed by atoms with van der Waals surface area (Å²) in [7, 11) is 1.58. The molecule has 1 aromatic rings. The molecule has 2 atom stereocenters. The fourth-order valence-electron chi connectivity index (χ4n) is 1.77. The fraction of sp³-hybridized carbons (Fsp3) is 0.538. The molecule has 0 amide bonds. The highest BCUT2D eigenvalue weighted by Gasteiger charge is 2.20. The first-order valence-electron chi connectivity index (χ1n) is 5.87. The van der Waals surface area contributed by atoms with Gasteiger partial charge < -0.3 is 15.6 Å². The summed E-state index contributed by atoms with van der Waals surface area (Å²) in [4.78, 5) is 0. The van der Waals surface area contributed by atoms with E-state index in [4.69, 9.17) is 22.1 Å². The van der Waals surface area contributed by atoms with Gasteiger partial charge in [0.2, 0.25) is 0 Å². The maximum absolute atomic E-state index is 9.99. The summed E-state index contributed by atoms with van der Waals surface area (Å²) in [6, 6.07) is 4.80. The van der Waals surface area contributed by atoms with Gasteiger partial charge in [-0.1, -0.05) is 31.4 Å². The van der Waals surface area contributed by atoms with Gasteiger partial charge in [0.15, 0.2) is 0 Å². The van der Waals surface area contributed by atoms with Crippen LogP contribution in [0.2, 0.25) is 5.02 Å². The van der Waals surface area contributed by atoms with Crippen molar-refractivity contribution in [2.45, 2.75) is 38.3 Å². The fourth-order valence-corrected chi connectivity index (χ4v) is 1.95. The van der Waals surface area contributed by atoms with E-state index in [1.165, 1.54) is 0 Å². The summed E-state index contributed by atoms with van der Waals surface area (Å²) < 4.78 is 5.23. The van der Waals surface area contributed by atoms with Crippen LogP contribution in [0, 0.1) is 0 Å². The summed E-state index contributed by atoms with van der Waals surface area (Å²) in [5, 5.41) is 10.6. The Labute approximate surface area is 120 Å². The standard InChI is InChI=1S/C13H20ClNO2.ClH/c1-3-4-5-11(16)13(15)10-8-9(14)6-7-12(10)17-2;/h6-8,11,13,16H,3-5,15H2,1-2H3;1H/t11-,13+;/m0./s1. The Balaban J connectivity index is 0.00000289. The molecule has 0 bridgehead atoms. The molecule has 0 unspecified atom stereocenters. The van der Waals surface area contributed by atoms with E-state index in [-0.39, 0.29) is 12.4 Å². The van der Waals surface area contributed by atoms with Gasteiger partial charge >= 0.3 is 0 Å². The Morgan fingerprint density at radius 3 is 2.67 bits per heavy atom. The number of nitrogens with two attached hydrogens (primary N) is 1. The number of halogens is 2. The third-order valence-corrected chi connectivity index (χ3v) is 3.05. The topological polar surface area (TPSA) is 55.5 Å². The molecule has 0 aliphatic heterocycles. The number of hydrogen-bond donors (Lipinski definition) is 2. The first kappa shape index (κ1) is 17.5. The molecule has 0 saturated heterocycles. The molecule has 5 heteroatoms. The van der Waals surface area contributed by atoms with Crippen LogP contribution in [-0.2, 0) is 0 Å². The SMILES string of the molecule is CCCC[C@H](O)[C@H](N)c1cc(Cl)ccc1OC.Cl. The van der Waals surface area contributed by atoms with Crippen molar-refractivity contribution in [3.8, 4) is 5.75 Å². The van der Waals surface area contributed by atoms with E-state index < -0.39 is 12.1 Å². The van der Waals surface area contributed by atoms with Crippen molar-refractivity contribution in [1.29, 1.82) is 0 Å². The molecule has 18 heavy (non-hydrogen) atoms. The highest BCUT2D eigenvalue weighted by molar-refractivity contribution is 6.30. The molecule has 0 saturated carbocycles. The second kappa shape index (κ2) is 8.59. The van der Waals surface area contributed by atoms with E-state index in [0.29, 0.717) is 17.2 Å². The average Bonchev–Trinajstić information content (AvgIpc) is 2.34. The minimum Gasteiger partial charge on any atom is -0.496 e. The highest BCUT2D eigenvalue weighted by atomic mass is 35.5. The summed E-state index contributed by atoms with van der Waals surface area (Å²) >= 11 is 5.93. The molecule has 1 aromatic carbocycles. The quantitative estimate of drug-likeness (QED) is 0.846. The summed E-state index contributed by atoms with van der Waals surface area (Å²) in [5.74, 6) is 0.664. The van der Waals surface area contributed by atoms with Gasteiger partial charge in [-0.25, -0.2) is 0 Å². The van der Waals surface area contributed by atoms with E-state index in [1.54, 1.807) is 25.3 Å². The van der Waals surface area contributed by atoms with Gasteiger partial charge in [-0.15, -0.1) is 12.4 Å². The maximum atomic E-state index is 9.99. The van der Waals surface area contributed by atoms with Gasteiger partial charge in [0.25, 0.3) is 0 Å². The molecule has 0 aliphatic carbocycles. The predicted molar refractivity (Wildman–Crippen MR) is 77.7 cm³/mol. The number of aliphatic hydroxyl groups is 1. The third-order valence-electron chi connectivity index (χ3n) is 2.82. The van der Waals surface area contributed by atoms with Crippen molar-refractivity contribution in [2.24, 2.45) is 5.73 Å². The monoisotopic (exact) mass is 293 g/mol. The number of methoxy groups -OCH3 is 1. The van der Waals surface area contributed by atoms with Gasteiger partial charge in [0, 0.05) is 10.6 Å². The van der Waals surface area contributed by atoms with Crippen LogP contribution in [0.4, 0.5) is 0 Å². The van der Waals surface area contributed by atoms with Gasteiger partial charge in [-0.05, 0) is 24.6 Å². The lowest BCUT2D eigenvalue weighted by molar-refractivity contribution is 0.131. The Morgan fingerprint density at radius 2 is 2.11 bits per heavy atom. The molecule has 0 spiro atoms. The van der Waals surface area contributed by atoms with Crippen molar-refractivity contribution in [3.63, 3.8) is 0 Å². The van der Waals surface area contributed by atoms with Crippen molar-refractivity contribution in [2.75, 3.05) is 7.11 Å². The van der Waals surface area contributed by atoms with Crippen LogP contribution in [0.25, 0.3) is 0 Å². The number of aliphatic hydroxyl groups excluding tert-OH is 1. The molecule has 3 nitrogen and oxygen atoms in total. The van der Waals surface area contributed by atoms with Crippen LogP contribution >= 0.6 is 24.0 Å². The summed E-state index contributed by atoms with van der Waals surface area (Å²) in [5.41, 5.74) is 6.79. The van der Waals surface area contributed by atoms with E-state index in [9.17, 15) is 5.11 Å². The second-order valence-electron chi connectivity index (χ2n) is 4.12. The zero-order chi connectivity index (χ0) is 12.8. The third kappa shape index (κ3) is 4.65. The number of rotatable bonds is 6. The van der Waals surface area contributed by atoms with Gasteiger partial charge in [0.05, 0.1) is 19.3 Å². The highest BCUT2D eigenvalue weighted by Crippen LogP contribution is 2.29. The summed E-state index contributed by atoms with van der Waals surface area (Å²) in [6.07, 6.45) is 2.11. The summed E-state index contributed by atoms with van der Waals surface area (Å²) in [6.45, 7) is 2.08. The van der Waals surface area contributed by atoms with E-state index in [1.807, 2.05) is 0 Å². The lowest BCUT2D eigenvalue weighted by Crippen LogP contribution is -2.26. The Bertz CT molecular complexity index is 361. The number of unbranched alkanes of at least 4 members (excludes halogenated alkanes) is 1. The van der Waals surface area contributed by atoms with Crippen molar-refractivity contribution in [1.82, 2.24) is 0 Å². The first-order valence-corrected chi connectivity index (χ1v) is 6.25. The molecule has 0 radical (unpaired) electrons. The van der Waals surface area contributed by atoms with Crippen LogP contribution in [-0.4, -0.2) is 18.3 Å². The van der Waals surface area contributed by atoms with Crippen LogP contribution in [0.1, 0.15) is 37.8 Å². The Kier molecular flexibility index (Phi) is 8.36. The van der Waals surface area contributed by atoms with Crippen LogP contribution in [0.5, 0.6) is 5.75 Å². The molecule has 1 rings (SSSR count). The molecule has 104 valence electrons. The Hall–Kier alpha value is -0.480. The molecule has 0 heterocycles. The lowest BCUT2D eigenvalue weighted by atomic mass is 9.97. The Morgan fingerprint density at radius 1 is 1.44 bits per heavy atom. The first-order chi connectivity index (χ1) is 8.10. The van der Waals surface area contributed by atoms with E-state index >= 15 is 0 Å². The van der Waals surface area contributed by atoms with Crippen LogP contribution < -0.4 is 10.5 Å². The molecular weight excluding hydrogens is 273 g/mol. The number of hydrogen-bond acceptors (Lipinski definition) is 3. The molecule has 0 aliphatic rings.